The molecule has 0 saturated carbocycles. The van der Waals surface area contributed by atoms with E-state index in [1.54, 1.807) is 10.9 Å². The van der Waals surface area contributed by atoms with Gasteiger partial charge in [-0.25, -0.2) is 0 Å². The number of hydrogen-bond donors (Lipinski definition) is 2. The maximum atomic E-state index is 11.2. The van der Waals surface area contributed by atoms with E-state index in [4.69, 9.17) is 0 Å². The lowest BCUT2D eigenvalue weighted by Gasteiger charge is -2.02. The lowest BCUT2D eigenvalue weighted by Crippen LogP contribution is -2.06. The van der Waals surface area contributed by atoms with Gasteiger partial charge in [-0.2, -0.15) is 5.10 Å². The summed E-state index contributed by atoms with van der Waals surface area (Å²) in [6.45, 7) is 2.91. The molecule has 0 aliphatic rings. The van der Waals surface area contributed by atoms with Crippen molar-refractivity contribution in [2.45, 2.75) is 32.7 Å². The number of nitrogens with one attached hydrogen (secondary N) is 1. The number of unbranched alkanes of at least 4 members (excludes halogenated alkanes) is 2. The van der Waals surface area contributed by atoms with Crippen molar-refractivity contribution in [1.82, 2.24) is 14.8 Å². The number of nitrogens with zero attached hydrogens (tertiary/aromatic N) is 2. The first kappa shape index (κ1) is 10.7. The van der Waals surface area contributed by atoms with Crippen LogP contribution in [-0.4, -0.2) is 19.9 Å². The highest BCUT2D eigenvalue weighted by Crippen LogP contribution is 2.19. The SMILES string of the molecule is CCCCCn1ncc2c(O)[nH]c(=O)cc21. The smallest absolute Gasteiger partial charge is 0.252 e. The van der Waals surface area contributed by atoms with Crippen molar-refractivity contribution >= 4 is 10.9 Å². The first-order valence-corrected chi connectivity index (χ1v) is 5.50. The van der Waals surface area contributed by atoms with Crippen LogP contribution in [-0.2, 0) is 6.54 Å². The lowest BCUT2D eigenvalue weighted by atomic mass is 10.2. The fourth-order valence-electron chi connectivity index (χ4n) is 1.76. The molecule has 0 bridgehead atoms. The highest BCUT2D eigenvalue weighted by Gasteiger charge is 2.07. The molecule has 0 amide bonds. The molecular formula is C11H15N3O2. The van der Waals surface area contributed by atoms with Crippen LogP contribution in [0, 0.1) is 0 Å². The molecule has 0 radical (unpaired) electrons. The lowest BCUT2D eigenvalue weighted by molar-refractivity contribution is 0.458. The Morgan fingerprint density at radius 2 is 2.31 bits per heavy atom. The van der Waals surface area contributed by atoms with Gasteiger partial charge in [0.05, 0.1) is 17.1 Å². The highest BCUT2D eigenvalue weighted by molar-refractivity contribution is 5.82. The van der Waals surface area contributed by atoms with E-state index >= 15 is 0 Å². The van der Waals surface area contributed by atoms with Gasteiger partial charge in [0.1, 0.15) is 0 Å². The van der Waals surface area contributed by atoms with Gasteiger partial charge in [0.25, 0.3) is 5.56 Å². The molecule has 0 fully saturated rings. The van der Waals surface area contributed by atoms with Gasteiger partial charge in [0.2, 0.25) is 5.88 Å². The summed E-state index contributed by atoms with van der Waals surface area (Å²) in [6, 6.07) is 1.47. The third-order valence-electron chi connectivity index (χ3n) is 2.62. The number of aromatic hydroxyl groups is 1. The van der Waals surface area contributed by atoms with Crippen LogP contribution < -0.4 is 5.56 Å². The van der Waals surface area contributed by atoms with Crippen molar-refractivity contribution in [1.29, 1.82) is 0 Å². The molecule has 0 aliphatic heterocycles. The average Bonchev–Trinajstić information content (AvgIpc) is 2.62. The van der Waals surface area contributed by atoms with Crippen LogP contribution in [0.15, 0.2) is 17.1 Å². The quantitative estimate of drug-likeness (QED) is 0.771. The normalized spacial score (nSPS) is 11.1. The van der Waals surface area contributed by atoms with Crippen LogP contribution in [0.5, 0.6) is 5.88 Å². The summed E-state index contributed by atoms with van der Waals surface area (Å²) in [5.41, 5.74) is 0.389. The van der Waals surface area contributed by atoms with Crippen molar-refractivity contribution in [3.05, 3.63) is 22.6 Å². The zero-order chi connectivity index (χ0) is 11.5. The van der Waals surface area contributed by atoms with E-state index in [9.17, 15) is 9.90 Å². The fourth-order valence-corrected chi connectivity index (χ4v) is 1.76. The van der Waals surface area contributed by atoms with E-state index in [-0.39, 0.29) is 11.4 Å². The van der Waals surface area contributed by atoms with Crippen LogP contribution in [0.25, 0.3) is 10.9 Å². The number of aromatic amines is 1. The largest absolute Gasteiger partial charge is 0.494 e. The van der Waals surface area contributed by atoms with Crippen LogP contribution in [0.2, 0.25) is 0 Å². The van der Waals surface area contributed by atoms with Gasteiger partial charge in [-0.05, 0) is 6.42 Å². The van der Waals surface area contributed by atoms with Crippen LogP contribution >= 0.6 is 0 Å². The summed E-state index contributed by atoms with van der Waals surface area (Å²) >= 11 is 0. The summed E-state index contributed by atoms with van der Waals surface area (Å²) in [7, 11) is 0. The molecule has 5 nitrogen and oxygen atoms in total. The summed E-state index contributed by atoms with van der Waals surface area (Å²) < 4.78 is 1.76. The third kappa shape index (κ3) is 1.93. The molecule has 0 unspecified atom stereocenters. The van der Waals surface area contributed by atoms with Crippen LogP contribution in [0.1, 0.15) is 26.2 Å². The molecular weight excluding hydrogens is 206 g/mol. The minimum absolute atomic E-state index is 0.107. The second-order valence-corrected chi connectivity index (χ2v) is 3.86. The van der Waals surface area contributed by atoms with Gasteiger partial charge in [0.15, 0.2) is 0 Å². The first-order valence-electron chi connectivity index (χ1n) is 5.50. The van der Waals surface area contributed by atoms with Crippen LogP contribution in [0.4, 0.5) is 0 Å². The monoisotopic (exact) mass is 221 g/mol. The zero-order valence-electron chi connectivity index (χ0n) is 9.23. The summed E-state index contributed by atoms with van der Waals surface area (Å²) in [5.74, 6) is -0.107. The van der Waals surface area contributed by atoms with E-state index in [0.29, 0.717) is 10.9 Å². The molecule has 0 aromatic carbocycles. The fraction of sp³-hybridized carbons (Fsp3) is 0.455. The number of H-pyrrole nitrogens is 1. The maximum absolute atomic E-state index is 11.2. The standard InChI is InChI=1S/C11H15N3O2/c1-2-3-4-5-14-9-6-10(15)13-11(16)8(9)7-12-14/h6-7H,2-5H2,1H3,(H2,13,15,16). The number of pyridine rings is 1. The van der Waals surface area contributed by atoms with Gasteiger partial charge >= 0.3 is 0 Å². The highest BCUT2D eigenvalue weighted by atomic mass is 16.3. The number of hydrogen-bond acceptors (Lipinski definition) is 3. The van der Waals surface area contributed by atoms with E-state index in [0.717, 1.165) is 25.8 Å². The van der Waals surface area contributed by atoms with E-state index in [1.165, 1.54) is 6.07 Å². The van der Waals surface area contributed by atoms with Gasteiger partial charge in [-0.3, -0.25) is 14.5 Å². The van der Waals surface area contributed by atoms with Gasteiger partial charge in [0, 0.05) is 12.6 Å². The zero-order valence-corrected chi connectivity index (χ0v) is 9.23. The molecule has 2 rings (SSSR count). The first-order chi connectivity index (χ1) is 7.72. The Balaban J connectivity index is 2.36. The summed E-state index contributed by atoms with van der Waals surface area (Å²) in [4.78, 5) is 13.6. The maximum Gasteiger partial charge on any atom is 0.252 e. The molecule has 86 valence electrons. The molecule has 0 spiro atoms. The predicted octanol–water partition coefficient (Wildman–Crippen LogP) is 1.62. The Kier molecular flexibility index (Phi) is 2.94. The molecule has 5 heteroatoms. The minimum Gasteiger partial charge on any atom is -0.494 e. The molecule has 2 N–H and O–H groups in total. The number of rotatable bonds is 4. The Morgan fingerprint density at radius 1 is 1.50 bits per heavy atom. The summed E-state index contributed by atoms with van der Waals surface area (Å²) in [5, 5.41) is 14.3. The number of aryl methyl sites for hydroxylation is 1. The third-order valence-corrected chi connectivity index (χ3v) is 2.62. The van der Waals surface area contributed by atoms with Crippen molar-refractivity contribution < 1.29 is 5.11 Å². The molecule has 2 aromatic rings. The van der Waals surface area contributed by atoms with Crippen molar-refractivity contribution in [2.75, 3.05) is 0 Å². The van der Waals surface area contributed by atoms with Gasteiger partial charge in [-0.1, -0.05) is 19.8 Å². The van der Waals surface area contributed by atoms with Crippen molar-refractivity contribution in [2.24, 2.45) is 0 Å². The second kappa shape index (κ2) is 4.38. The Bertz CT molecular complexity index is 542. The average molecular weight is 221 g/mol. The van der Waals surface area contributed by atoms with Crippen LogP contribution in [0.3, 0.4) is 0 Å². The minimum atomic E-state index is -0.303. The van der Waals surface area contributed by atoms with E-state index in [1.807, 2.05) is 0 Å². The van der Waals surface area contributed by atoms with E-state index in [2.05, 4.69) is 17.0 Å². The topological polar surface area (TPSA) is 70.9 Å². The summed E-state index contributed by atoms with van der Waals surface area (Å²) in [6.07, 6.45) is 4.88. The molecule has 0 atom stereocenters. The number of fused-ring (bicyclic) bond motifs is 1. The molecule has 2 aromatic heterocycles. The number of aromatic nitrogens is 3. The Hall–Kier alpha value is -1.78. The molecule has 0 saturated heterocycles. The van der Waals surface area contributed by atoms with Gasteiger partial charge in [-0.15, -0.1) is 0 Å². The second-order valence-electron chi connectivity index (χ2n) is 3.86. The van der Waals surface area contributed by atoms with Gasteiger partial charge < -0.3 is 5.11 Å². The molecule has 0 aliphatic carbocycles. The van der Waals surface area contributed by atoms with Crippen molar-refractivity contribution in [3.63, 3.8) is 0 Å². The van der Waals surface area contributed by atoms with E-state index < -0.39 is 0 Å². The molecule has 2 heterocycles. The van der Waals surface area contributed by atoms with Crippen molar-refractivity contribution in [3.8, 4) is 5.88 Å². The predicted molar refractivity (Wildman–Crippen MR) is 61.5 cm³/mol. The Morgan fingerprint density at radius 3 is 3.06 bits per heavy atom. The molecule has 16 heavy (non-hydrogen) atoms. The Labute approximate surface area is 92.7 Å².